The molecule has 0 bridgehead atoms. The van der Waals surface area contributed by atoms with Crippen LogP contribution in [0, 0.1) is 16.0 Å². The van der Waals surface area contributed by atoms with E-state index < -0.39 is 0 Å². The number of rotatable bonds is 6. The van der Waals surface area contributed by atoms with Gasteiger partial charge >= 0.3 is 0 Å². The molecule has 0 unspecified atom stereocenters. The summed E-state index contributed by atoms with van der Waals surface area (Å²) in [7, 11) is 1.75. The van der Waals surface area contributed by atoms with Crippen LogP contribution < -0.4 is 5.32 Å². The number of nitrogens with one attached hydrogen (secondary N) is 1. The number of nitro groups is 1. The van der Waals surface area contributed by atoms with Crippen molar-refractivity contribution >= 4 is 11.4 Å². The van der Waals surface area contributed by atoms with Crippen LogP contribution >= 0.6 is 0 Å². The lowest BCUT2D eigenvalue weighted by Gasteiger charge is -2.32. The number of hydrogen-bond acceptors (Lipinski definition) is 4. The minimum Gasteiger partial charge on any atom is -0.382 e. The zero-order valence-electron chi connectivity index (χ0n) is 13.0. The number of piperidine rings is 1. The van der Waals surface area contributed by atoms with Crippen LogP contribution in [0.1, 0.15) is 38.2 Å². The Morgan fingerprint density at radius 1 is 1.38 bits per heavy atom. The highest BCUT2D eigenvalue weighted by molar-refractivity contribution is 5.66. The van der Waals surface area contributed by atoms with E-state index in [-0.39, 0.29) is 10.6 Å². The van der Waals surface area contributed by atoms with Gasteiger partial charge in [-0.05, 0) is 37.4 Å². The van der Waals surface area contributed by atoms with Gasteiger partial charge < -0.3 is 5.32 Å². The van der Waals surface area contributed by atoms with Gasteiger partial charge in [-0.3, -0.25) is 15.0 Å². The van der Waals surface area contributed by atoms with Gasteiger partial charge in [-0.25, -0.2) is 0 Å². The average Bonchev–Trinajstić information content (AvgIpc) is 2.49. The van der Waals surface area contributed by atoms with Gasteiger partial charge in [-0.15, -0.1) is 0 Å². The number of para-hydroxylation sites is 1. The van der Waals surface area contributed by atoms with Crippen molar-refractivity contribution < 1.29 is 4.92 Å². The summed E-state index contributed by atoms with van der Waals surface area (Å²) in [6.07, 6.45) is 5.08. The molecule has 2 rings (SSSR count). The first kappa shape index (κ1) is 15.8. The van der Waals surface area contributed by atoms with Gasteiger partial charge in [0.15, 0.2) is 0 Å². The maximum Gasteiger partial charge on any atom is 0.292 e. The predicted octanol–water partition coefficient (Wildman–Crippen LogP) is 3.65. The fraction of sp³-hybridized carbons (Fsp3) is 0.625. The van der Waals surface area contributed by atoms with Crippen molar-refractivity contribution in [1.29, 1.82) is 0 Å². The summed E-state index contributed by atoms with van der Waals surface area (Å²) in [5.74, 6) is 0.861. The molecule has 0 amide bonds. The topological polar surface area (TPSA) is 58.4 Å². The molecule has 5 heteroatoms. The van der Waals surface area contributed by atoms with E-state index in [0.29, 0.717) is 5.69 Å². The SMILES string of the molecule is CCCC1CCN(Cc2cccc([N+](=O)[O-])c2NC)CC1. The lowest BCUT2D eigenvalue weighted by Crippen LogP contribution is -2.33. The number of likely N-dealkylation sites (tertiary alicyclic amines) is 1. The summed E-state index contributed by atoms with van der Waals surface area (Å²) in [5.41, 5.74) is 1.83. The lowest BCUT2D eigenvalue weighted by atomic mass is 9.92. The van der Waals surface area contributed by atoms with Crippen molar-refractivity contribution in [2.75, 3.05) is 25.5 Å². The van der Waals surface area contributed by atoms with Gasteiger partial charge in [0.2, 0.25) is 0 Å². The highest BCUT2D eigenvalue weighted by Gasteiger charge is 2.21. The van der Waals surface area contributed by atoms with Crippen molar-refractivity contribution in [3.05, 3.63) is 33.9 Å². The molecule has 116 valence electrons. The van der Waals surface area contributed by atoms with Gasteiger partial charge in [0.1, 0.15) is 5.69 Å². The van der Waals surface area contributed by atoms with E-state index in [9.17, 15) is 10.1 Å². The Morgan fingerprint density at radius 3 is 2.67 bits per heavy atom. The van der Waals surface area contributed by atoms with Crippen LogP contribution in [-0.4, -0.2) is 30.0 Å². The third-order valence-corrected chi connectivity index (χ3v) is 4.37. The van der Waals surface area contributed by atoms with Crippen LogP contribution in [0.2, 0.25) is 0 Å². The molecule has 1 aromatic rings. The van der Waals surface area contributed by atoms with Crippen LogP contribution in [0.4, 0.5) is 11.4 Å². The zero-order valence-corrected chi connectivity index (χ0v) is 13.0. The first-order chi connectivity index (χ1) is 10.2. The number of nitro benzene ring substituents is 1. The highest BCUT2D eigenvalue weighted by Crippen LogP contribution is 2.30. The van der Waals surface area contributed by atoms with Crippen molar-refractivity contribution in [3.63, 3.8) is 0 Å². The summed E-state index contributed by atoms with van der Waals surface area (Å²) in [4.78, 5) is 13.2. The molecular formula is C16H25N3O2. The number of benzene rings is 1. The monoisotopic (exact) mass is 291 g/mol. The maximum atomic E-state index is 11.1. The first-order valence-electron chi connectivity index (χ1n) is 7.82. The van der Waals surface area contributed by atoms with Crippen molar-refractivity contribution in [1.82, 2.24) is 4.90 Å². The summed E-state index contributed by atoms with van der Waals surface area (Å²) >= 11 is 0. The minimum absolute atomic E-state index is 0.163. The van der Waals surface area contributed by atoms with E-state index in [2.05, 4.69) is 17.1 Å². The van der Waals surface area contributed by atoms with Crippen molar-refractivity contribution in [3.8, 4) is 0 Å². The molecule has 0 spiro atoms. The summed E-state index contributed by atoms with van der Waals surface area (Å²) in [6, 6.07) is 5.32. The van der Waals surface area contributed by atoms with Gasteiger partial charge in [0, 0.05) is 19.7 Å². The Balaban J connectivity index is 2.04. The second-order valence-electron chi connectivity index (χ2n) is 5.83. The number of nitrogens with zero attached hydrogens (tertiary/aromatic N) is 2. The molecule has 0 aromatic heterocycles. The number of anilines is 1. The fourth-order valence-electron chi connectivity index (χ4n) is 3.24. The third-order valence-electron chi connectivity index (χ3n) is 4.37. The molecule has 0 radical (unpaired) electrons. The molecule has 0 atom stereocenters. The van der Waals surface area contributed by atoms with Crippen molar-refractivity contribution in [2.45, 2.75) is 39.2 Å². The molecule has 1 fully saturated rings. The molecule has 1 saturated heterocycles. The second kappa shape index (κ2) is 7.41. The molecule has 1 aromatic carbocycles. The first-order valence-corrected chi connectivity index (χ1v) is 7.82. The lowest BCUT2D eigenvalue weighted by molar-refractivity contribution is -0.384. The third kappa shape index (κ3) is 3.94. The Kier molecular flexibility index (Phi) is 5.56. The minimum atomic E-state index is -0.317. The normalized spacial score (nSPS) is 16.9. The zero-order chi connectivity index (χ0) is 15.2. The molecule has 1 aliphatic heterocycles. The second-order valence-corrected chi connectivity index (χ2v) is 5.83. The molecule has 5 nitrogen and oxygen atoms in total. The van der Waals surface area contributed by atoms with Crippen LogP contribution in [0.15, 0.2) is 18.2 Å². The summed E-state index contributed by atoms with van der Waals surface area (Å²) < 4.78 is 0. The quantitative estimate of drug-likeness (QED) is 0.642. The van der Waals surface area contributed by atoms with E-state index in [0.717, 1.165) is 31.1 Å². The Labute approximate surface area is 126 Å². The predicted molar refractivity (Wildman–Crippen MR) is 85.6 cm³/mol. The summed E-state index contributed by atoms with van der Waals surface area (Å²) in [6.45, 7) is 5.22. The van der Waals surface area contributed by atoms with Crippen LogP contribution in [-0.2, 0) is 6.54 Å². The maximum absolute atomic E-state index is 11.1. The fourth-order valence-corrected chi connectivity index (χ4v) is 3.24. The molecule has 21 heavy (non-hydrogen) atoms. The van der Waals surface area contributed by atoms with Gasteiger partial charge in [-0.1, -0.05) is 31.9 Å². The molecule has 1 aliphatic rings. The van der Waals surface area contributed by atoms with Gasteiger partial charge in [0.05, 0.1) is 4.92 Å². The standard InChI is InChI=1S/C16H25N3O2/c1-3-5-13-8-10-18(11-9-13)12-14-6-4-7-15(19(20)21)16(14)17-2/h4,6-7,13,17H,3,5,8-12H2,1-2H3. The van der Waals surface area contributed by atoms with Gasteiger partial charge in [0.25, 0.3) is 5.69 Å². The van der Waals surface area contributed by atoms with E-state index in [1.54, 1.807) is 19.2 Å². The molecule has 0 aliphatic carbocycles. The van der Waals surface area contributed by atoms with Crippen LogP contribution in [0.3, 0.4) is 0 Å². The van der Waals surface area contributed by atoms with E-state index >= 15 is 0 Å². The molecular weight excluding hydrogens is 266 g/mol. The molecule has 1 heterocycles. The molecule has 1 N–H and O–H groups in total. The summed E-state index contributed by atoms with van der Waals surface area (Å²) in [5, 5.41) is 14.1. The highest BCUT2D eigenvalue weighted by atomic mass is 16.6. The van der Waals surface area contributed by atoms with Crippen LogP contribution in [0.25, 0.3) is 0 Å². The van der Waals surface area contributed by atoms with Gasteiger partial charge in [-0.2, -0.15) is 0 Å². The Bertz CT molecular complexity index is 482. The number of hydrogen-bond donors (Lipinski definition) is 1. The van der Waals surface area contributed by atoms with Crippen molar-refractivity contribution in [2.24, 2.45) is 5.92 Å². The van der Waals surface area contributed by atoms with E-state index in [1.807, 2.05) is 6.07 Å². The Morgan fingerprint density at radius 2 is 2.10 bits per heavy atom. The Hall–Kier alpha value is -1.62. The molecule has 0 saturated carbocycles. The smallest absolute Gasteiger partial charge is 0.292 e. The average molecular weight is 291 g/mol. The van der Waals surface area contributed by atoms with Crippen LogP contribution in [0.5, 0.6) is 0 Å². The van der Waals surface area contributed by atoms with E-state index in [1.165, 1.54) is 25.7 Å². The van der Waals surface area contributed by atoms with E-state index in [4.69, 9.17) is 0 Å². The largest absolute Gasteiger partial charge is 0.382 e.